The van der Waals surface area contributed by atoms with Crippen molar-refractivity contribution in [3.05, 3.63) is 52.1 Å². The molecule has 8 nitrogen and oxygen atoms in total. The molecule has 2 N–H and O–H groups in total. The maximum absolute atomic E-state index is 12.1. The highest BCUT2D eigenvalue weighted by atomic mass is 16.6. The summed E-state index contributed by atoms with van der Waals surface area (Å²) in [6.45, 7) is 0.320. The van der Waals surface area contributed by atoms with Gasteiger partial charge in [0.15, 0.2) is 0 Å². The molecule has 0 radical (unpaired) electrons. The molecule has 0 spiro atoms. The molecule has 21 heavy (non-hydrogen) atoms. The Kier molecular flexibility index (Phi) is 4.50. The summed E-state index contributed by atoms with van der Waals surface area (Å²) >= 11 is 0. The molecule has 2 rings (SSSR count). The molecule has 0 fully saturated rings. The number of rotatable bonds is 6. The Labute approximate surface area is 120 Å². The van der Waals surface area contributed by atoms with Crippen molar-refractivity contribution in [2.45, 2.75) is 6.42 Å². The van der Waals surface area contributed by atoms with Crippen molar-refractivity contribution in [1.82, 2.24) is 10.3 Å². The Morgan fingerprint density at radius 1 is 1.52 bits per heavy atom. The van der Waals surface area contributed by atoms with Crippen LogP contribution < -0.4 is 10.6 Å². The minimum atomic E-state index is -0.631. The van der Waals surface area contributed by atoms with Crippen LogP contribution in [0.5, 0.6) is 0 Å². The van der Waals surface area contributed by atoms with E-state index in [1.54, 1.807) is 25.4 Å². The van der Waals surface area contributed by atoms with Crippen molar-refractivity contribution in [2.75, 3.05) is 18.9 Å². The molecule has 2 heterocycles. The fourth-order valence-electron chi connectivity index (χ4n) is 1.76. The zero-order chi connectivity index (χ0) is 15.2. The highest BCUT2D eigenvalue weighted by Crippen LogP contribution is 2.19. The van der Waals surface area contributed by atoms with Gasteiger partial charge in [0.1, 0.15) is 23.3 Å². The van der Waals surface area contributed by atoms with Gasteiger partial charge in [0.05, 0.1) is 11.2 Å². The van der Waals surface area contributed by atoms with Crippen LogP contribution in [-0.2, 0) is 6.42 Å². The highest BCUT2D eigenvalue weighted by molar-refractivity contribution is 5.98. The summed E-state index contributed by atoms with van der Waals surface area (Å²) in [5.74, 6) is 0.597. The van der Waals surface area contributed by atoms with Crippen LogP contribution in [0.3, 0.4) is 0 Å². The minimum absolute atomic E-state index is 0.0289. The highest BCUT2D eigenvalue weighted by Gasteiger charge is 2.21. The van der Waals surface area contributed by atoms with Gasteiger partial charge in [-0.05, 0) is 12.1 Å². The molecule has 0 atom stereocenters. The number of nitrogens with one attached hydrogen (secondary N) is 2. The molecule has 2 aromatic rings. The summed E-state index contributed by atoms with van der Waals surface area (Å²) in [5, 5.41) is 16.3. The van der Waals surface area contributed by atoms with Crippen molar-refractivity contribution in [3.8, 4) is 0 Å². The second kappa shape index (κ2) is 6.51. The lowest BCUT2D eigenvalue weighted by Gasteiger charge is -2.06. The molecule has 8 heteroatoms. The van der Waals surface area contributed by atoms with Crippen LogP contribution in [-0.4, -0.2) is 29.4 Å². The number of nitro groups is 1. The number of hydrogen-bond acceptors (Lipinski definition) is 6. The Bertz CT molecular complexity index is 640. The molecule has 0 unspecified atom stereocenters. The second-order valence-electron chi connectivity index (χ2n) is 4.18. The van der Waals surface area contributed by atoms with E-state index >= 15 is 0 Å². The molecular weight excluding hydrogens is 276 g/mol. The molecule has 0 bridgehead atoms. The van der Waals surface area contributed by atoms with Crippen LogP contribution in [0.4, 0.5) is 11.5 Å². The number of furan rings is 1. The van der Waals surface area contributed by atoms with Crippen LogP contribution in [0, 0.1) is 10.1 Å². The van der Waals surface area contributed by atoms with Gasteiger partial charge in [0, 0.05) is 26.1 Å². The number of anilines is 1. The van der Waals surface area contributed by atoms with Crippen LogP contribution in [0.1, 0.15) is 16.1 Å². The van der Waals surface area contributed by atoms with Crippen molar-refractivity contribution in [2.24, 2.45) is 0 Å². The Morgan fingerprint density at radius 3 is 2.95 bits per heavy atom. The number of aromatic nitrogens is 1. The normalized spacial score (nSPS) is 10.1. The zero-order valence-electron chi connectivity index (χ0n) is 11.3. The van der Waals surface area contributed by atoms with Gasteiger partial charge >= 0.3 is 0 Å². The lowest BCUT2D eigenvalue weighted by Crippen LogP contribution is -2.26. The summed E-state index contributed by atoms with van der Waals surface area (Å²) in [4.78, 5) is 26.2. The summed E-state index contributed by atoms with van der Waals surface area (Å²) in [7, 11) is 1.62. The van der Waals surface area contributed by atoms with E-state index in [-0.39, 0.29) is 11.3 Å². The molecule has 0 aliphatic heterocycles. The first-order chi connectivity index (χ1) is 10.1. The van der Waals surface area contributed by atoms with Gasteiger partial charge < -0.3 is 15.1 Å². The first-order valence-electron chi connectivity index (χ1n) is 6.24. The Hall–Kier alpha value is -2.90. The summed E-state index contributed by atoms with van der Waals surface area (Å²) in [6, 6.07) is 4.89. The molecule has 0 aromatic carbocycles. The standard InChI is InChI=1S/C13H14N4O4/c1-14-12-7-10(11(8-16-12)17(19)20)13(18)15-5-4-9-3-2-6-21-9/h2-3,6-8H,4-5H2,1H3,(H,14,16)(H,15,18). The average molecular weight is 290 g/mol. The summed E-state index contributed by atoms with van der Waals surface area (Å²) < 4.78 is 5.14. The van der Waals surface area contributed by atoms with E-state index in [1.807, 2.05) is 0 Å². The third-order valence-corrected chi connectivity index (χ3v) is 2.82. The summed E-state index contributed by atoms with van der Waals surface area (Å²) in [6.07, 6.45) is 3.12. The Balaban J connectivity index is 2.08. The maximum atomic E-state index is 12.1. The monoisotopic (exact) mass is 290 g/mol. The predicted molar refractivity (Wildman–Crippen MR) is 75.2 cm³/mol. The zero-order valence-corrected chi connectivity index (χ0v) is 11.3. The number of hydrogen-bond donors (Lipinski definition) is 2. The molecule has 1 amide bonds. The second-order valence-corrected chi connectivity index (χ2v) is 4.18. The van der Waals surface area contributed by atoms with Gasteiger partial charge in [0.25, 0.3) is 11.6 Å². The lowest BCUT2D eigenvalue weighted by atomic mass is 10.2. The third-order valence-electron chi connectivity index (χ3n) is 2.82. The topological polar surface area (TPSA) is 110 Å². The number of carbonyl (C=O) groups is 1. The molecule has 0 aliphatic rings. The predicted octanol–water partition coefficient (Wildman–Crippen LogP) is 1.60. The van der Waals surface area contributed by atoms with Crippen LogP contribution in [0.2, 0.25) is 0 Å². The number of carbonyl (C=O) groups excluding carboxylic acids is 1. The molecule has 0 aliphatic carbocycles. The van der Waals surface area contributed by atoms with Gasteiger partial charge in [0.2, 0.25) is 0 Å². The van der Waals surface area contributed by atoms with Crippen molar-refractivity contribution < 1.29 is 14.1 Å². The van der Waals surface area contributed by atoms with Gasteiger partial charge in [-0.25, -0.2) is 4.98 Å². The average Bonchev–Trinajstić information content (AvgIpc) is 2.99. The first-order valence-corrected chi connectivity index (χ1v) is 6.24. The van der Waals surface area contributed by atoms with Crippen LogP contribution in [0.25, 0.3) is 0 Å². The SMILES string of the molecule is CNc1cc(C(=O)NCCc2ccco2)c([N+](=O)[O-])cn1. The van der Waals surface area contributed by atoms with Crippen molar-refractivity contribution in [1.29, 1.82) is 0 Å². The number of nitrogens with zero attached hydrogens (tertiary/aromatic N) is 2. The molecule has 110 valence electrons. The first kappa shape index (κ1) is 14.5. The fourth-order valence-corrected chi connectivity index (χ4v) is 1.76. The van der Waals surface area contributed by atoms with Crippen LogP contribution >= 0.6 is 0 Å². The molecule has 0 saturated carbocycles. The van der Waals surface area contributed by atoms with E-state index in [0.717, 1.165) is 12.0 Å². The van der Waals surface area contributed by atoms with E-state index < -0.39 is 10.8 Å². The minimum Gasteiger partial charge on any atom is -0.469 e. The van der Waals surface area contributed by atoms with E-state index in [2.05, 4.69) is 15.6 Å². The molecular formula is C13H14N4O4. The lowest BCUT2D eigenvalue weighted by molar-refractivity contribution is -0.385. The van der Waals surface area contributed by atoms with Gasteiger partial charge in [-0.2, -0.15) is 0 Å². The number of amides is 1. The Morgan fingerprint density at radius 2 is 2.33 bits per heavy atom. The fraction of sp³-hybridized carbons (Fsp3) is 0.231. The summed E-state index contributed by atoms with van der Waals surface area (Å²) in [5.41, 5.74) is -0.358. The smallest absolute Gasteiger partial charge is 0.300 e. The molecule has 0 saturated heterocycles. The third kappa shape index (κ3) is 3.56. The quantitative estimate of drug-likeness (QED) is 0.617. The largest absolute Gasteiger partial charge is 0.469 e. The molecule has 2 aromatic heterocycles. The van der Waals surface area contributed by atoms with Gasteiger partial charge in [-0.3, -0.25) is 14.9 Å². The van der Waals surface area contributed by atoms with E-state index in [9.17, 15) is 14.9 Å². The van der Waals surface area contributed by atoms with Crippen molar-refractivity contribution in [3.63, 3.8) is 0 Å². The number of pyridine rings is 1. The van der Waals surface area contributed by atoms with E-state index in [1.165, 1.54) is 6.07 Å². The van der Waals surface area contributed by atoms with Crippen LogP contribution in [0.15, 0.2) is 35.1 Å². The van der Waals surface area contributed by atoms with Gasteiger partial charge in [-0.15, -0.1) is 0 Å². The maximum Gasteiger partial charge on any atom is 0.300 e. The van der Waals surface area contributed by atoms with Crippen molar-refractivity contribution >= 4 is 17.4 Å². The van der Waals surface area contributed by atoms with Gasteiger partial charge in [-0.1, -0.05) is 0 Å². The van der Waals surface area contributed by atoms with E-state index in [0.29, 0.717) is 18.8 Å². The van der Waals surface area contributed by atoms with E-state index in [4.69, 9.17) is 4.42 Å².